The zero-order valence-electron chi connectivity index (χ0n) is 23.6. The molecule has 1 aliphatic heterocycles. The summed E-state index contributed by atoms with van der Waals surface area (Å²) in [6.45, 7) is 9.85. The molecule has 206 valence electrons. The van der Waals surface area contributed by atoms with Crippen LogP contribution in [-0.4, -0.2) is 32.7 Å². The summed E-state index contributed by atoms with van der Waals surface area (Å²) in [5, 5.41) is 7.11. The zero-order chi connectivity index (χ0) is 28.6. The van der Waals surface area contributed by atoms with Crippen LogP contribution in [0.2, 0.25) is 0 Å². The average molecular weight is 555 g/mol. The highest BCUT2D eigenvalue weighted by molar-refractivity contribution is 7.80. The third-order valence-corrected chi connectivity index (χ3v) is 7.50. The summed E-state index contributed by atoms with van der Waals surface area (Å²) in [5.74, 6) is 0.464. The topological polar surface area (TPSA) is 84.3 Å². The van der Waals surface area contributed by atoms with Crippen LogP contribution >= 0.6 is 12.2 Å². The number of aromatic nitrogens is 3. The van der Waals surface area contributed by atoms with Crippen LogP contribution in [-0.2, 0) is 4.79 Å². The van der Waals surface area contributed by atoms with Crippen LogP contribution in [0.15, 0.2) is 73.2 Å². The van der Waals surface area contributed by atoms with E-state index in [4.69, 9.17) is 17.0 Å². The van der Waals surface area contributed by atoms with Gasteiger partial charge in [-0.15, -0.1) is 0 Å². The molecule has 4 aromatic rings. The molecule has 0 radical (unpaired) electrons. The Balaban J connectivity index is 1.62. The molecule has 5 rings (SSSR count). The average Bonchev–Trinajstić information content (AvgIpc) is 3.44. The lowest BCUT2D eigenvalue weighted by Crippen LogP contribution is -2.30. The van der Waals surface area contributed by atoms with Crippen molar-refractivity contribution in [3.8, 4) is 11.4 Å². The molecule has 2 unspecified atom stereocenters. The van der Waals surface area contributed by atoms with E-state index in [9.17, 15) is 4.79 Å². The van der Waals surface area contributed by atoms with Crippen molar-refractivity contribution >= 4 is 34.6 Å². The summed E-state index contributed by atoms with van der Waals surface area (Å²) in [6.07, 6.45) is 5.44. The number of methoxy groups -OCH3 is 1. The maximum atomic E-state index is 12.7. The van der Waals surface area contributed by atoms with E-state index in [1.165, 1.54) is 0 Å². The summed E-state index contributed by atoms with van der Waals surface area (Å²) in [5.41, 5.74) is 6.11. The molecule has 2 atom stereocenters. The number of amides is 1. The number of thiocarbonyl (C=S) groups is 1. The van der Waals surface area contributed by atoms with Crippen molar-refractivity contribution in [1.29, 1.82) is 0 Å². The molecule has 40 heavy (non-hydrogen) atoms. The molecule has 2 N–H and O–H groups in total. The van der Waals surface area contributed by atoms with Gasteiger partial charge >= 0.3 is 0 Å². The molecule has 1 amide bonds. The Morgan fingerprint density at radius 1 is 1.05 bits per heavy atom. The van der Waals surface area contributed by atoms with Crippen LogP contribution in [0, 0.1) is 19.3 Å². The van der Waals surface area contributed by atoms with Crippen molar-refractivity contribution in [1.82, 2.24) is 19.9 Å². The van der Waals surface area contributed by atoms with Gasteiger partial charge in [0.05, 0.1) is 42.5 Å². The molecule has 0 spiro atoms. The molecule has 1 saturated heterocycles. The highest BCUT2D eigenvalue weighted by Gasteiger charge is 2.42. The van der Waals surface area contributed by atoms with Crippen molar-refractivity contribution < 1.29 is 9.53 Å². The number of pyridine rings is 2. The smallest absolute Gasteiger partial charge is 0.229 e. The fourth-order valence-corrected chi connectivity index (χ4v) is 5.51. The normalized spacial score (nSPS) is 17.1. The number of benzene rings is 1. The first kappa shape index (κ1) is 27.3. The van der Waals surface area contributed by atoms with Gasteiger partial charge in [0.2, 0.25) is 5.91 Å². The molecule has 1 aromatic carbocycles. The van der Waals surface area contributed by atoms with Crippen LogP contribution in [0.25, 0.3) is 5.69 Å². The van der Waals surface area contributed by atoms with E-state index < -0.39 is 5.41 Å². The zero-order valence-corrected chi connectivity index (χ0v) is 24.4. The molecule has 1 fully saturated rings. The van der Waals surface area contributed by atoms with Crippen molar-refractivity contribution in [2.45, 2.75) is 46.7 Å². The third kappa shape index (κ3) is 5.04. The first-order valence-corrected chi connectivity index (χ1v) is 13.6. The maximum Gasteiger partial charge on any atom is 0.229 e. The summed E-state index contributed by atoms with van der Waals surface area (Å²) in [7, 11) is 1.60. The van der Waals surface area contributed by atoms with Gasteiger partial charge in [0.25, 0.3) is 0 Å². The molecule has 0 saturated carbocycles. The Bertz CT molecular complexity index is 1550. The van der Waals surface area contributed by atoms with E-state index in [-0.39, 0.29) is 18.0 Å². The van der Waals surface area contributed by atoms with Gasteiger partial charge in [0.15, 0.2) is 5.11 Å². The number of carbonyl (C=O) groups is 1. The highest BCUT2D eigenvalue weighted by atomic mass is 32.1. The monoisotopic (exact) mass is 554 g/mol. The number of carbonyl (C=O) groups excluding carboxylic acids is 1. The second kappa shape index (κ2) is 10.7. The largest absolute Gasteiger partial charge is 0.494 e. The minimum absolute atomic E-state index is 0.0900. The molecule has 0 bridgehead atoms. The van der Waals surface area contributed by atoms with Gasteiger partial charge in [0.1, 0.15) is 5.75 Å². The summed E-state index contributed by atoms with van der Waals surface area (Å²) in [6, 6.07) is 17.5. The Labute approximate surface area is 240 Å². The summed E-state index contributed by atoms with van der Waals surface area (Å²) >= 11 is 5.94. The van der Waals surface area contributed by atoms with Gasteiger partial charge in [-0.2, -0.15) is 0 Å². The quantitative estimate of drug-likeness (QED) is 0.281. The fraction of sp³-hybridized carbons (Fsp3) is 0.290. The number of hydrogen-bond acceptors (Lipinski definition) is 5. The molecule has 9 heteroatoms. The van der Waals surface area contributed by atoms with E-state index in [0.29, 0.717) is 16.5 Å². The summed E-state index contributed by atoms with van der Waals surface area (Å²) < 4.78 is 7.93. The number of hydrogen-bond donors (Lipinski definition) is 2. The van der Waals surface area contributed by atoms with Gasteiger partial charge in [0, 0.05) is 41.0 Å². The Morgan fingerprint density at radius 3 is 2.50 bits per heavy atom. The molecule has 8 nitrogen and oxygen atoms in total. The van der Waals surface area contributed by atoms with E-state index in [1.54, 1.807) is 19.5 Å². The first-order chi connectivity index (χ1) is 19.1. The van der Waals surface area contributed by atoms with E-state index >= 15 is 0 Å². The fourth-order valence-electron chi connectivity index (χ4n) is 5.16. The van der Waals surface area contributed by atoms with Crippen LogP contribution < -0.4 is 20.3 Å². The van der Waals surface area contributed by atoms with Crippen molar-refractivity contribution in [3.05, 3.63) is 95.8 Å². The maximum absolute atomic E-state index is 12.7. The third-order valence-electron chi connectivity index (χ3n) is 7.18. The first-order valence-electron chi connectivity index (χ1n) is 13.2. The minimum atomic E-state index is -0.540. The van der Waals surface area contributed by atoms with E-state index in [0.717, 1.165) is 34.0 Å². The van der Waals surface area contributed by atoms with E-state index in [1.807, 2.05) is 69.4 Å². The number of anilines is 2. The predicted molar refractivity (Wildman–Crippen MR) is 162 cm³/mol. The van der Waals surface area contributed by atoms with Crippen molar-refractivity contribution in [2.24, 2.45) is 5.41 Å². The molecule has 3 aromatic heterocycles. The Hall–Kier alpha value is -4.24. The second-order valence-electron chi connectivity index (χ2n) is 11.0. The predicted octanol–water partition coefficient (Wildman–Crippen LogP) is 6.05. The van der Waals surface area contributed by atoms with Crippen LogP contribution in [0.3, 0.4) is 0 Å². The lowest BCUT2D eigenvalue weighted by atomic mass is 9.95. The standard InChI is InChI=1S/C31H34N6O2S/c1-19-16-23(20(2)36(19)22-10-9-14-32-18-22)28-27(25-11-7-8-15-33-25)35-30(40)37(28)21-12-13-24(26(17-21)39-6)34-29(38)31(3,4)5/h7-18,27-28H,1-6H3,(H,34,38)(H,35,40). The SMILES string of the molecule is COc1cc(N2C(=S)NC(c3ccccn3)C2c2cc(C)n(-c3cccnc3)c2C)ccc1NC(=O)C(C)(C)C. The van der Waals surface area contributed by atoms with Crippen molar-refractivity contribution in [3.63, 3.8) is 0 Å². The summed E-state index contributed by atoms with van der Waals surface area (Å²) in [4.78, 5) is 23.8. The van der Waals surface area contributed by atoms with Gasteiger partial charge in [-0.3, -0.25) is 14.8 Å². The number of aryl methyl sites for hydroxylation is 1. The van der Waals surface area contributed by atoms with Gasteiger partial charge in [-0.1, -0.05) is 26.8 Å². The molecule has 4 heterocycles. The molecule has 0 aliphatic carbocycles. The number of nitrogens with zero attached hydrogens (tertiary/aromatic N) is 4. The molecular formula is C31H34N6O2S. The van der Waals surface area contributed by atoms with Crippen LogP contribution in [0.1, 0.15) is 55.5 Å². The number of ether oxygens (including phenoxy) is 1. The lowest BCUT2D eigenvalue weighted by Gasteiger charge is -2.29. The molecule has 1 aliphatic rings. The van der Waals surface area contributed by atoms with Gasteiger partial charge in [-0.05, 0) is 74.1 Å². The Kier molecular flexibility index (Phi) is 7.33. The Morgan fingerprint density at radius 2 is 1.85 bits per heavy atom. The van der Waals surface area contributed by atoms with Gasteiger partial charge in [-0.25, -0.2) is 0 Å². The van der Waals surface area contributed by atoms with Crippen LogP contribution in [0.4, 0.5) is 11.4 Å². The molecular weight excluding hydrogens is 520 g/mol. The van der Waals surface area contributed by atoms with Gasteiger partial charge < -0.3 is 24.8 Å². The highest BCUT2D eigenvalue weighted by Crippen LogP contribution is 2.45. The number of nitrogens with one attached hydrogen (secondary N) is 2. The van der Waals surface area contributed by atoms with Crippen molar-refractivity contribution in [2.75, 3.05) is 17.3 Å². The van der Waals surface area contributed by atoms with Crippen LogP contribution in [0.5, 0.6) is 5.75 Å². The second-order valence-corrected chi connectivity index (χ2v) is 11.3. The minimum Gasteiger partial charge on any atom is -0.494 e. The lowest BCUT2D eigenvalue weighted by molar-refractivity contribution is -0.123. The number of rotatable bonds is 6. The van der Waals surface area contributed by atoms with E-state index in [2.05, 4.69) is 56.0 Å².